The van der Waals surface area contributed by atoms with Gasteiger partial charge in [0.15, 0.2) is 0 Å². The minimum absolute atomic E-state index is 0.0463. The van der Waals surface area contributed by atoms with Crippen LogP contribution in [0.4, 0.5) is 0 Å². The fraction of sp³-hybridized carbons (Fsp3) is 0.538. The third kappa shape index (κ3) is 3.70. The topological polar surface area (TPSA) is 52.7 Å². The maximum atomic E-state index is 12.0. The van der Waals surface area contributed by atoms with Gasteiger partial charge in [0.25, 0.3) is 0 Å². The summed E-state index contributed by atoms with van der Waals surface area (Å²) in [4.78, 5) is 27.2. The van der Waals surface area contributed by atoms with E-state index >= 15 is 0 Å². The predicted octanol–water partition coefficient (Wildman–Crippen LogP) is 0.00730. The number of carbonyl (C=O) groups is 2. The van der Waals surface area contributed by atoms with Crippen LogP contribution in [0.15, 0.2) is 24.3 Å². The van der Waals surface area contributed by atoms with Crippen LogP contribution in [-0.2, 0) is 9.59 Å². The maximum Gasteiger partial charge on any atom is 0.247 e. The molecule has 1 rings (SSSR count). The number of hydrogen-bond donors (Lipinski definition) is 1. The van der Waals surface area contributed by atoms with E-state index in [1.807, 2.05) is 13.0 Å². The van der Waals surface area contributed by atoms with Gasteiger partial charge >= 0.3 is 0 Å². The Balaban J connectivity index is 2.76. The number of nitrogens with one attached hydrogen (secondary N) is 1. The van der Waals surface area contributed by atoms with Crippen molar-refractivity contribution in [2.45, 2.75) is 13.0 Å². The van der Waals surface area contributed by atoms with Gasteiger partial charge in [-0.25, -0.2) is 0 Å². The van der Waals surface area contributed by atoms with Crippen LogP contribution in [0.25, 0.3) is 0 Å². The molecule has 0 aromatic rings. The summed E-state index contributed by atoms with van der Waals surface area (Å²) in [6, 6.07) is -0.406. The third-order valence-corrected chi connectivity index (χ3v) is 2.79. The van der Waals surface area contributed by atoms with Crippen LogP contribution in [0.5, 0.6) is 0 Å². The van der Waals surface area contributed by atoms with Gasteiger partial charge in [0, 0.05) is 39.8 Å². The van der Waals surface area contributed by atoms with E-state index in [-0.39, 0.29) is 11.8 Å². The van der Waals surface area contributed by atoms with E-state index in [4.69, 9.17) is 0 Å². The molecule has 1 N–H and O–H groups in total. The zero-order chi connectivity index (χ0) is 13.5. The number of piperazine rings is 1. The van der Waals surface area contributed by atoms with E-state index in [1.165, 1.54) is 11.0 Å². The van der Waals surface area contributed by atoms with Crippen molar-refractivity contribution in [3.63, 3.8) is 0 Å². The molecule has 1 heterocycles. The normalized spacial score (nSPS) is 20.6. The summed E-state index contributed by atoms with van der Waals surface area (Å²) in [6.45, 7) is 3.68. The fourth-order valence-electron chi connectivity index (χ4n) is 1.83. The molecule has 0 aromatic heterocycles. The molecule has 1 unspecified atom stereocenters. The number of allylic oxidation sites excluding steroid dienone is 3. The summed E-state index contributed by atoms with van der Waals surface area (Å²) in [5, 5.41) is 3.14. The van der Waals surface area contributed by atoms with Gasteiger partial charge in [-0.3, -0.25) is 9.59 Å². The molecule has 0 spiro atoms. The lowest BCUT2D eigenvalue weighted by molar-refractivity contribution is -0.142. The number of amides is 2. The minimum Gasteiger partial charge on any atom is -0.347 e. The molecule has 0 saturated carbocycles. The Labute approximate surface area is 108 Å². The lowest BCUT2D eigenvalue weighted by atomic mass is 10.1. The second-order valence-electron chi connectivity index (χ2n) is 4.37. The van der Waals surface area contributed by atoms with Gasteiger partial charge < -0.3 is 15.1 Å². The van der Waals surface area contributed by atoms with Gasteiger partial charge in [-0.1, -0.05) is 18.2 Å². The van der Waals surface area contributed by atoms with Crippen molar-refractivity contribution in [2.75, 3.05) is 33.7 Å². The summed E-state index contributed by atoms with van der Waals surface area (Å²) in [7, 11) is 3.41. The third-order valence-electron chi connectivity index (χ3n) is 2.79. The summed E-state index contributed by atoms with van der Waals surface area (Å²) in [5.41, 5.74) is 0. The van der Waals surface area contributed by atoms with Crippen LogP contribution >= 0.6 is 0 Å². The van der Waals surface area contributed by atoms with Crippen LogP contribution in [0.2, 0.25) is 0 Å². The largest absolute Gasteiger partial charge is 0.347 e. The lowest BCUT2D eigenvalue weighted by Gasteiger charge is -2.35. The molecule has 5 heteroatoms. The highest BCUT2D eigenvalue weighted by Crippen LogP contribution is 2.07. The molecule has 100 valence electrons. The van der Waals surface area contributed by atoms with Crippen molar-refractivity contribution in [1.29, 1.82) is 0 Å². The summed E-state index contributed by atoms with van der Waals surface area (Å²) < 4.78 is 0. The van der Waals surface area contributed by atoms with Gasteiger partial charge in [-0.05, 0) is 6.92 Å². The number of hydrogen-bond acceptors (Lipinski definition) is 3. The molecule has 0 bridgehead atoms. The molecule has 1 fully saturated rings. The Morgan fingerprint density at radius 1 is 1.33 bits per heavy atom. The fourth-order valence-corrected chi connectivity index (χ4v) is 1.83. The molecule has 1 aliphatic rings. The molecule has 1 saturated heterocycles. The van der Waals surface area contributed by atoms with Gasteiger partial charge in [-0.15, -0.1) is 0 Å². The summed E-state index contributed by atoms with van der Waals surface area (Å²) in [6.07, 6.45) is 6.84. The van der Waals surface area contributed by atoms with Gasteiger partial charge in [0.1, 0.15) is 6.04 Å². The van der Waals surface area contributed by atoms with E-state index in [2.05, 4.69) is 5.32 Å². The van der Waals surface area contributed by atoms with Crippen molar-refractivity contribution in [1.82, 2.24) is 15.1 Å². The second-order valence-corrected chi connectivity index (χ2v) is 4.37. The summed E-state index contributed by atoms with van der Waals surface area (Å²) >= 11 is 0. The molecule has 1 atom stereocenters. The van der Waals surface area contributed by atoms with E-state index < -0.39 is 6.04 Å². The number of carbonyl (C=O) groups excluding carboxylic acids is 2. The van der Waals surface area contributed by atoms with E-state index in [0.717, 1.165) is 6.54 Å². The summed E-state index contributed by atoms with van der Waals surface area (Å²) in [5.74, 6) is -0.162. The highest BCUT2D eigenvalue weighted by molar-refractivity contribution is 5.93. The van der Waals surface area contributed by atoms with Crippen LogP contribution in [-0.4, -0.2) is 61.4 Å². The molecule has 0 radical (unpaired) electrons. The first-order valence-electron chi connectivity index (χ1n) is 6.09. The van der Waals surface area contributed by atoms with Gasteiger partial charge in [0.2, 0.25) is 11.8 Å². The van der Waals surface area contributed by atoms with Crippen molar-refractivity contribution < 1.29 is 9.59 Å². The van der Waals surface area contributed by atoms with Gasteiger partial charge in [-0.2, -0.15) is 0 Å². The molecule has 5 nitrogen and oxygen atoms in total. The van der Waals surface area contributed by atoms with Crippen LogP contribution < -0.4 is 5.32 Å². The van der Waals surface area contributed by atoms with Crippen molar-refractivity contribution in [3.05, 3.63) is 24.3 Å². The van der Waals surface area contributed by atoms with E-state index in [0.29, 0.717) is 13.1 Å². The number of rotatable bonds is 3. The first kappa shape index (κ1) is 14.4. The highest BCUT2D eigenvalue weighted by Gasteiger charge is 2.31. The Bertz CT molecular complexity index is 361. The predicted molar refractivity (Wildman–Crippen MR) is 71.0 cm³/mol. The van der Waals surface area contributed by atoms with E-state index in [9.17, 15) is 9.59 Å². The Hall–Kier alpha value is -1.62. The Morgan fingerprint density at radius 3 is 2.67 bits per heavy atom. The monoisotopic (exact) mass is 251 g/mol. The standard InChI is InChI=1S/C13H21N3O2/c1-4-5-6-7-12(17)16-9-8-14-10-11(16)13(18)15(2)3/h4-7,11,14H,8-10H2,1-3H3. The lowest BCUT2D eigenvalue weighted by Crippen LogP contribution is -2.59. The first-order chi connectivity index (χ1) is 8.57. The van der Waals surface area contributed by atoms with Crippen molar-refractivity contribution in [2.24, 2.45) is 0 Å². The molecule has 1 aliphatic heterocycles. The average molecular weight is 251 g/mol. The minimum atomic E-state index is -0.406. The smallest absolute Gasteiger partial charge is 0.247 e. The second kappa shape index (κ2) is 6.96. The quantitative estimate of drug-likeness (QED) is 0.568. The molecule has 0 aliphatic carbocycles. The average Bonchev–Trinajstić information content (AvgIpc) is 2.38. The molecule has 2 amide bonds. The van der Waals surface area contributed by atoms with Crippen molar-refractivity contribution in [3.8, 4) is 0 Å². The molecule has 0 aromatic carbocycles. The van der Waals surface area contributed by atoms with Crippen LogP contribution in [0.3, 0.4) is 0 Å². The number of likely N-dealkylation sites (N-methyl/N-ethyl adjacent to an activating group) is 1. The zero-order valence-electron chi connectivity index (χ0n) is 11.2. The molecular weight excluding hydrogens is 230 g/mol. The van der Waals surface area contributed by atoms with Crippen LogP contribution in [0.1, 0.15) is 6.92 Å². The zero-order valence-corrected chi connectivity index (χ0v) is 11.2. The van der Waals surface area contributed by atoms with Crippen LogP contribution in [0, 0.1) is 0 Å². The van der Waals surface area contributed by atoms with Crippen molar-refractivity contribution >= 4 is 11.8 Å². The maximum absolute atomic E-state index is 12.0. The van der Waals surface area contributed by atoms with E-state index in [1.54, 1.807) is 31.1 Å². The highest BCUT2D eigenvalue weighted by atomic mass is 16.2. The number of nitrogens with zero attached hydrogens (tertiary/aromatic N) is 2. The Morgan fingerprint density at radius 2 is 2.06 bits per heavy atom. The SMILES string of the molecule is CC=CC=CC(=O)N1CCNCC1C(=O)N(C)C. The molecule has 18 heavy (non-hydrogen) atoms. The Kier molecular flexibility index (Phi) is 5.58. The molecular formula is C13H21N3O2. The van der Waals surface area contributed by atoms with Gasteiger partial charge in [0.05, 0.1) is 0 Å². The first-order valence-corrected chi connectivity index (χ1v) is 6.09.